The van der Waals surface area contributed by atoms with E-state index in [1.54, 1.807) is 7.11 Å². The maximum absolute atomic E-state index is 11.6. The largest absolute Gasteiger partial charge is 0.383 e. The molecular weight excluding hydrogens is 252 g/mol. The molecule has 1 aliphatic heterocycles. The summed E-state index contributed by atoms with van der Waals surface area (Å²) in [5.74, 6) is 0.825. The molecule has 0 aromatic heterocycles. The Labute approximate surface area is 111 Å². The van der Waals surface area contributed by atoms with Crippen molar-refractivity contribution < 1.29 is 13.2 Å². The van der Waals surface area contributed by atoms with Gasteiger partial charge in [0.15, 0.2) is 9.84 Å². The highest BCUT2D eigenvalue weighted by Gasteiger charge is 2.43. The lowest BCUT2D eigenvalue weighted by atomic mass is 9.84. The normalized spacial score (nSPS) is 26.7. The van der Waals surface area contributed by atoms with Crippen LogP contribution >= 0.6 is 0 Å². The quantitative estimate of drug-likeness (QED) is 0.746. The van der Waals surface area contributed by atoms with Gasteiger partial charge >= 0.3 is 0 Å². The van der Waals surface area contributed by atoms with Crippen molar-refractivity contribution in [3.63, 3.8) is 0 Å². The van der Waals surface area contributed by atoms with E-state index in [1.807, 2.05) is 7.05 Å². The van der Waals surface area contributed by atoms with E-state index in [2.05, 4.69) is 18.7 Å². The van der Waals surface area contributed by atoms with Crippen molar-refractivity contribution in [1.82, 2.24) is 4.90 Å². The number of nitrogens with two attached hydrogens (primary N) is 1. The number of ether oxygens (including phenoxy) is 1. The van der Waals surface area contributed by atoms with E-state index in [1.165, 1.54) is 0 Å². The number of likely N-dealkylation sites (N-methyl/N-ethyl adjacent to an activating group) is 1. The van der Waals surface area contributed by atoms with Crippen molar-refractivity contribution in [2.45, 2.75) is 31.8 Å². The molecule has 1 rings (SSSR count). The molecule has 6 heteroatoms. The Bertz CT molecular complexity index is 370. The summed E-state index contributed by atoms with van der Waals surface area (Å²) in [4.78, 5) is 2.13. The third kappa shape index (κ3) is 3.04. The van der Waals surface area contributed by atoms with Gasteiger partial charge in [-0.1, -0.05) is 13.8 Å². The molecule has 2 atom stereocenters. The fourth-order valence-electron chi connectivity index (χ4n) is 2.81. The van der Waals surface area contributed by atoms with Crippen LogP contribution in [0.2, 0.25) is 0 Å². The topological polar surface area (TPSA) is 72.6 Å². The molecule has 0 saturated carbocycles. The Balaban J connectivity index is 2.92. The molecule has 0 aliphatic carbocycles. The Morgan fingerprint density at radius 2 is 2.11 bits per heavy atom. The fourth-order valence-corrected chi connectivity index (χ4v) is 4.58. The molecule has 18 heavy (non-hydrogen) atoms. The summed E-state index contributed by atoms with van der Waals surface area (Å²) in [6.45, 7) is 5.19. The van der Waals surface area contributed by atoms with E-state index in [0.717, 1.165) is 0 Å². The van der Waals surface area contributed by atoms with Crippen LogP contribution in [-0.4, -0.2) is 63.7 Å². The van der Waals surface area contributed by atoms with Crippen molar-refractivity contribution in [3.05, 3.63) is 0 Å². The minimum Gasteiger partial charge on any atom is -0.383 e. The van der Waals surface area contributed by atoms with Crippen molar-refractivity contribution in [3.8, 4) is 0 Å². The summed E-state index contributed by atoms with van der Waals surface area (Å²) in [7, 11) is 0.755. The van der Waals surface area contributed by atoms with Gasteiger partial charge < -0.3 is 10.5 Å². The highest BCUT2D eigenvalue weighted by Crippen LogP contribution is 2.29. The molecule has 1 heterocycles. The minimum absolute atomic E-state index is 0.0519. The average molecular weight is 278 g/mol. The van der Waals surface area contributed by atoms with Gasteiger partial charge in [-0.05, 0) is 19.4 Å². The van der Waals surface area contributed by atoms with Crippen LogP contribution in [0.1, 0.15) is 20.3 Å². The molecule has 0 amide bonds. The second-order valence-electron chi connectivity index (χ2n) is 5.56. The zero-order valence-corrected chi connectivity index (χ0v) is 12.7. The summed E-state index contributed by atoms with van der Waals surface area (Å²) < 4.78 is 28.5. The SMILES string of the molecule is COCC(CN)(C(C)C)N(C)C1CCS(=O)(=O)C1. The minimum atomic E-state index is -2.87. The van der Waals surface area contributed by atoms with Crippen LogP contribution in [0.5, 0.6) is 0 Å². The Morgan fingerprint density at radius 3 is 2.44 bits per heavy atom. The van der Waals surface area contributed by atoms with Crippen molar-refractivity contribution in [1.29, 1.82) is 0 Å². The first-order chi connectivity index (χ1) is 8.29. The van der Waals surface area contributed by atoms with Crippen LogP contribution in [0.3, 0.4) is 0 Å². The van der Waals surface area contributed by atoms with E-state index in [4.69, 9.17) is 10.5 Å². The zero-order chi connectivity index (χ0) is 14.0. The summed E-state index contributed by atoms with van der Waals surface area (Å²) in [6.07, 6.45) is 0.691. The second-order valence-corrected chi connectivity index (χ2v) is 7.79. The van der Waals surface area contributed by atoms with Gasteiger partial charge in [-0.3, -0.25) is 4.90 Å². The molecule has 2 unspecified atom stereocenters. The van der Waals surface area contributed by atoms with Crippen LogP contribution in [0.4, 0.5) is 0 Å². The molecule has 1 fully saturated rings. The lowest BCUT2D eigenvalue weighted by Gasteiger charge is -2.46. The third-order valence-corrected chi connectivity index (χ3v) is 6.03. The second kappa shape index (κ2) is 5.86. The van der Waals surface area contributed by atoms with Crippen LogP contribution in [0.15, 0.2) is 0 Å². The maximum Gasteiger partial charge on any atom is 0.151 e. The number of hydrogen-bond donors (Lipinski definition) is 1. The molecule has 0 aromatic rings. The summed E-state index contributed by atoms with van der Waals surface area (Å²) in [6, 6.07) is 0.0519. The van der Waals surface area contributed by atoms with Crippen LogP contribution in [-0.2, 0) is 14.6 Å². The van der Waals surface area contributed by atoms with Crippen molar-refractivity contribution >= 4 is 9.84 Å². The van der Waals surface area contributed by atoms with Gasteiger partial charge in [-0.25, -0.2) is 8.42 Å². The molecule has 5 nitrogen and oxygen atoms in total. The first-order valence-electron chi connectivity index (χ1n) is 6.41. The van der Waals surface area contributed by atoms with Crippen molar-refractivity contribution in [2.75, 3.05) is 38.8 Å². The van der Waals surface area contributed by atoms with Gasteiger partial charge in [0.2, 0.25) is 0 Å². The average Bonchev–Trinajstić information content (AvgIpc) is 2.65. The maximum atomic E-state index is 11.6. The van der Waals surface area contributed by atoms with E-state index in [0.29, 0.717) is 25.5 Å². The first-order valence-corrected chi connectivity index (χ1v) is 8.23. The summed E-state index contributed by atoms with van der Waals surface area (Å²) in [5, 5.41) is 0. The van der Waals surface area contributed by atoms with Gasteiger partial charge in [-0.2, -0.15) is 0 Å². The molecule has 108 valence electrons. The molecule has 0 radical (unpaired) electrons. The van der Waals surface area contributed by atoms with Gasteiger partial charge in [-0.15, -0.1) is 0 Å². The Hall–Kier alpha value is -0.170. The van der Waals surface area contributed by atoms with E-state index < -0.39 is 9.84 Å². The number of methoxy groups -OCH3 is 1. The highest BCUT2D eigenvalue weighted by molar-refractivity contribution is 7.91. The standard InChI is InChI=1S/C12H26N2O3S/c1-10(2)12(8-13,9-17-4)14(3)11-5-6-18(15,16)7-11/h10-11H,5-9,13H2,1-4H3. The highest BCUT2D eigenvalue weighted by atomic mass is 32.2. The van der Waals surface area contributed by atoms with Gasteiger partial charge in [0.1, 0.15) is 0 Å². The number of hydrogen-bond acceptors (Lipinski definition) is 5. The molecule has 2 N–H and O–H groups in total. The Kier molecular flexibility index (Phi) is 5.17. The van der Waals surface area contributed by atoms with Crippen LogP contribution in [0, 0.1) is 5.92 Å². The predicted molar refractivity (Wildman–Crippen MR) is 73.3 cm³/mol. The van der Waals surface area contributed by atoms with E-state index in [-0.39, 0.29) is 23.1 Å². The van der Waals surface area contributed by atoms with Crippen LogP contribution in [0.25, 0.3) is 0 Å². The number of rotatable bonds is 6. The van der Waals surface area contributed by atoms with Crippen molar-refractivity contribution in [2.24, 2.45) is 11.7 Å². The van der Waals surface area contributed by atoms with E-state index >= 15 is 0 Å². The lowest BCUT2D eigenvalue weighted by Crippen LogP contribution is -2.62. The molecule has 0 spiro atoms. The summed E-state index contributed by atoms with van der Waals surface area (Å²) >= 11 is 0. The predicted octanol–water partition coefficient (Wildman–Crippen LogP) is 0.105. The van der Waals surface area contributed by atoms with Crippen LogP contribution < -0.4 is 5.73 Å². The number of nitrogens with zero attached hydrogens (tertiary/aromatic N) is 1. The fraction of sp³-hybridized carbons (Fsp3) is 1.00. The molecule has 1 aliphatic rings. The number of sulfone groups is 1. The smallest absolute Gasteiger partial charge is 0.151 e. The van der Waals surface area contributed by atoms with Gasteiger partial charge in [0.05, 0.1) is 23.7 Å². The monoisotopic (exact) mass is 278 g/mol. The molecule has 0 aromatic carbocycles. The summed E-state index contributed by atoms with van der Waals surface area (Å²) in [5.41, 5.74) is 5.67. The third-order valence-electron chi connectivity index (χ3n) is 4.28. The molecular formula is C12H26N2O3S. The first kappa shape index (κ1) is 15.9. The van der Waals surface area contributed by atoms with E-state index in [9.17, 15) is 8.42 Å². The van der Waals surface area contributed by atoms with Gasteiger partial charge in [0.25, 0.3) is 0 Å². The molecule has 1 saturated heterocycles. The zero-order valence-electron chi connectivity index (χ0n) is 11.8. The lowest BCUT2D eigenvalue weighted by molar-refractivity contribution is -0.0192. The van der Waals surface area contributed by atoms with Gasteiger partial charge in [0, 0.05) is 19.7 Å². The molecule has 0 bridgehead atoms. The Morgan fingerprint density at radius 1 is 1.50 bits per heavy atom.